The van der Waals surface area contributed by atoms with Gasteiger partial charge in [-0.2, -0.15) is 13.2 Å². The number of carbonyl (C=O) groups excluding carboxylic acids is 1. The fourth-order valence-electron chi connectivity index (χ4n) is 0.985. The van der Waals surface area contributed by atoms with Gasteiger partial charge >= 0.3 is 6.18 Å². The van der Waals surface area contributed by atoms with Crippen LogP contribution in [-0.4, -0.2) is 24.2 Å². The molecule has 0 heterocycles. The molecule has 3 nitrogen and oxygen atoms in total. The van der Waals surface area contributed by atoms with Crippen molar-refractivity contribution in [3.05, 3.63) is 12.7 Å². The van der Waals surface area contributed by atoms with Crippen molar-refractivity contribution in [1.29, 1.82) is 0 Å². The lowest BCUT2D eigenvalue weighted by Gasteiger charge is -2.27. The second kappa shape index (κ2) is 5.16. The third-order valence-corrected chi connectivity index (χ3v) is 2.07. The fourth-order valence-corrected chi connectivity index (χ4v) is 0.985. The molecule has 0 radical (unpaired) electrons. The molecule has 1 unspecified atom stereocenters. The Hall–Kier alpha value is -1.04. The Balaban J connectivity index is 4.38. The largest absolute Gasteiger partial charge is 0.401 e. The van der Waals surface area contributed by atoms with Crippen LogP contribution in [-0.2, 0) is 4.79 Å². The van der Waals surface area contributed by atoms with Gasteiger partial charge in [-0.05, 0) is 19.8 Å². The van der Waals surface area contributed by atoms with E-state index in [0.29, 0.717) is 6.42 Å². The van der Waals surface area contributed by atoms with Crippen molar-refractivity contribution in [3.8, 4) is 0 Å². The third kappa shape index (κ3) is 5.41. The van der Waals surface area contributed by atoms with E-state index >= 15 is 0 Å². The predicted molar refractivity (Wildman–Crippen MR) is 51.1 cm³/mol. The van der Waals surface area contributed by atoms with Crippen LogP contribution < -0.4 is 11.1 Å². The number of amides is 1. The minimum atomic E-state index is -4.36. The minimum Gasteiger partial charge on any atom is -0.368 e. The average molecular weight is 224 g/mol. The second-order valence-corrected chi connectivity index (χ2v) is 3.49. The van der Waals surface area contributed by atoms with Crippen LogP contribution in [0.1, 0.15) is 19.8 Å². The lowest BCUT2D eigenvalue weighted by atomic mass is 9.95. The molecule has 0 aliphatic heterocycles. The van der Waals surface area contributed by atoms with Crippen molar-refractivity contribution in [2.75, 3.05) is 6.54 Å². The lowest BCUT2D eigenvalue weighted by molar-refractivity contribution is -0.135. The number of primary amides is 1. The Morgan fingerprint density at radius 1 is 1.53 bits per heavy atom. The molecule has 0 aromatic carbocycles. The van der Waals surface area contributed by atoms with Crippen LogP contribution in [0.5, 0.6) is 0 Å². The maximum Gasteiger partial charge on any atom is 0.401 e. The molecule has 88 valence electrons. The Morgan fingerprint density at radius 2 is 2.07 bits per heavy atom. The molecule has 1 amide bonds. The standard InChI is InChI=1S/C9H15F3N2O/c1-3-4-5-8(2,7(13)15)14-6-9(10,11)12/h3,14H,1,4-6H2,2H3,(H2,13,15). The van der Waals surface area contributed by atoms with E-state index in [2.05, 4.69) is 11.9 Å². The summed E-state index contributed by atoms with van der Waals surface area (Å²) in [5.41, 5.74) is 3.69. The highest BCUT2D eigenvalue weighted by atomic mass is 19.4. The van der Waals surface area contributed by atoms with Crippen molar-refractivity contribution in [2.24, 2.45) is 5.73 Å². The molecule has 0 aliphatic carbocycles. The summed E-state index contributed by atoms with van der Waals surface area (Å²) in [5, 5.41) is 2.12. The van der Waals surface area contributed by atoms with Gasteiger partial charge in [-0.15, -0.1) is 6.58 Å². The van der Waals surface area contributed by atoms with Crippen LogP contribution >= 0.6 is 0 Å². The number of hydrogen-bond donors (Lipinski definition) is 2. The molecule has 0 fully saturated rings. The minimum absolute atomic E-state index is 0.196. The van der Waals surface area contributed by atoms with Gasteiger partial charge in [0.05, 0.1) is 12.1 Å². The third-order valence-electron chi connectivity index (χ3n) is 2.07. The molecular weight excluding hydrogens is 209 g/mol. The predicted octanol–water partition coefficient (Wildman–Crippen LogP) is 1.35. The zero-order valence-electron chi connectivity index (χ0n) is 8.53. The Labute approximate surface area is 86.5 Å². The Kier molecular flexibility index (Phi) is 4.80. The number of hydrogen-bond acceptors (Lipinski definition) is 2. The number of carbonyl (C=O) groups is 1. The van der Waals surface area contributed by atoms with Gasteiger partial charge in [0, 0.05) is 0 Å². The molecule has 0 rings (SSSR count). The summed E-state index contributed by atoms with van der Waals surface area (Å²) in [6.45, 7) is 3.55. The Morgan fingerprint density at radius 3 is 2.40 bits per heavy atom. The molecule has 0 bridgehead atoms. The van der Waals surface area contributed by atoms with Crippen LogP contribution in [0.15, 0.2) is 12.7 Å². The molecule has 6 heteroatoms. The molecular formula is C9H15F3N2O. The van der Waals surface area contributed by atoms with Crippen molar-refractivity contribution >= 4 is 5.91 Å². The lowest BCUT2D eigenvalue weighted by Crippen LogP contribution is -2.55. The highest BCUT2D eigenvalue weighted by molar-refractivity contribution is 5.84. The van der Waals surface area contributed by atoms with Crippen molar-refractivity contribution in [3.63, 3.8) is 0 Å². The van der Waals surface area contributed by atoms with Gasteiger partial charge in [-0.1, -0.05) is 6.08 Å². The second-order valence-electron chi connectivity index (χ2n) is 3.49. The van der Waals surface area contributed by atoms with Crippen LogP contribution in [0, 0.1) is 0 Å². The monoisotopic (exact) mass is 224 g/mol. The molecule has 0 saturated heterocycles. The molecule has 15 heavy (non-hydrogen) atoms. The van der Waals surface area contributed by atoms with E-state index in [1.165, 1.54) is 13.0 Å². The molecule has 0 saturated carbocycles. The smallest absolute Gasteiger partial charge is 0.368 e. The van der Waals surface area contributed by atoms with Crippen molar-refractivity contribution in [2.45, 2.75) is 31.5 Å². The van der Waals surface area contributed by atoms with Gasteiger partial charge in [0.15, 0.2) is 0 Å². The van der Waals surface area contributed by atoms with Gasteiger partial charge in [0.1, 0.15) is 0 Å². The average Bonchev–Trinajstić information content (AvgIpc) is 2.10. The summed E-state index contributed by atoms with van der Waals surface area (Å²) in [7, 11) is 0. The van der Waals surface area contributed by atoms with Crippen molar-refractivity contribution in [1.82, 2.24) is 5.32 Å². The van der Waals surface area contributed by atoms with E-state index in [-0.39, 0.29) is 6.42 Å². The summed E-state index contributed by atoms with van der Waals surface area (Å²) >= 11 is 0. The zero-order valence-corrected chi connectivity index (χ0v) is 8.53. The van der Waals surface area contributed by atoms with Gasteiger partial charge < -0.3 is 5.73 Å². The van der Waals surface area contributed by atoms with E-state index in [4.69, 9.17) is 5.73 Å². The summed E-state index contributed by atoms with van der Waals surface area (Å²) in [5.74, 6) is -0.798. The molecule has 0 aliphatic rings. The normalized spacial score (nSPS) is 15.7. The van der Waals surface area contributed by atoms with Crippen molar-refractivity contribution < 1.29 is 18.0 Å². The first-order chi connectivity index (χ1) is 6.71. The molecule has 0 aromatic heterocycles. The van der Waals surface area contributed by atoms with Crippen LogP contribution in [0.4, 0.5) is 13.2 Å². The topological polar surface area (TPSA) is 55.1 Å². The van der Waals surface area contributed by atoms with E-state index in [0.717, 1.165) is 0 Å². The highest BCUT2D eigenvalue weighted by Crippen LogP contribution is 2.17. The van der Waals surface area contributed by atoms with E-state index in [9.17, 15) is 18.0 Å². The molecule has 0 aromatic rings. The number of nitrogens with two attached hydrogens (primary N) is 1. The first-order valence-electron chi connectivity index (χ1n) is 4.44. The maximum absolute atomic E-state index is 11.9. The number of halogens is 3. The zero-order chi connectivity index (χ0) is 12.1. The van der Waals surface area contributed by atoms with Gasteiger partial charge in [-0.3, -0.25) is 10.1 Å². The molecule has 1 atom stereocenters. The SMILES string of the molecule is C=CCCC(C)(NCC(F)(F)F)C(N)=O. The first-order valence-corrected chi connectivity index (χ1v) is 4.44. The number of allylic oxidation sites excluding steroid dienone is 1. The van der Waals surface area contributed by atoms with E-state index < -0.39 is 24.2 Å². The number of nitrogens with one attached hydrogen (secondary N) is 1. The first kappa shape index (κ1) is 14.0. The number of rotatable bonds is 6. The van der Waals surface area contributed by atoms with Crippen LogP contribution in [0.2, 0.25) is 0 Å². The summed E-state index contributed by atoms with van der Waals surface area (Å²) in [4.78, 5) is 11.0. The summed E-state index contributed by atoms with van der Waals surface area (Å²) < 4.78 is 35.8. The van der Waals surface area contributed by atoms with Gasteiger partial charge in [-0.25, -0.2) is 0 Å². The van der Waals surface area contributed by atoms with Crippen LogP contribution in [0.25, 0.3) is 0 Å². The quantitative estimate of drug-likeness (QED) is 0.669. The van der Waals surface area contributed by atoms with Gasteiger partial charge in [0.2, 0.25) is 5.91 Å². The summed E-state index contributed by atoms with van der Waals surface area (Å²) in [6, 6.07) is 0. The number of alkyl halides is 3. The van der Waals surface area contributed by atoms with E-state index in [1.807, 2.05) is 0 Å². The maximum atomic E-state index is 11.9. The molecule has 3 N–H and O–H groups in total. The highest BCUT2D eigenvalue weighted by Gasteiger charge is 2.35. The van der Waals surface area contributed by atoms with E-state index in [1.54, 1.807) is 0 Å². The molecule has 0 spiro atoms. The fraction of sp³-hybridized carbons (Fsp3) is 0.667. The van der Waals surface area contributed by atoms with Crippen LogP contribution in [0.3, 0.4) is 0 Å². The summed E-state index contributed by atoms with van der Waals surface area (Å²) in [6.07, 6.45) is -2.21. The van der Waals surface area contributed by atoms with Gasteiger partial charge in [0.25, 0.3) is 0 Å². The Bertz CT molecular complexity index is 240.